The summed E-state index contributed by atoms with van der Waals surface area (Å²) in [6, 6.07) is 8.81. The normalized spacial score (nSPS) is 22.1. The Morgan fingerprint density at radius 3 is 2.23 bits per heavy atom. The number of hydrogen-bond acceptors (Lipinski definition) is 6. The topological polar surface area (TPSA) is 60.5 Å². The summed E-state index contributed by atoms with van der Waals surface area (Å²) in [5.74, 6) is 0. The van der Waals surface area contributed by atoms with Crippen LogP contribution in [0.5, 0.6) is 0 Å². The molecule has 2 aliphatic heterocycles. The summed E-state index contributed by atoms with van der Waals surface area (Å²) < 4.78 is 25.0. The van der Waals surface area contributed by atoms with Crippen molar-refractivity contribution in [1.82, 2.24) is 4.90 Å². The van der Waals surface area contributed by atoms with Gasteiger partial charge < -0.3 is 23.7 Å². The Bertz CT molecular complexity index is 974. The standard InChI is InChI=1S/C32H53BN2O5/c1-11-12-13-14-15-16-21-35(28(36)38-29(3,4)5)32(10,33-39-30(6,7)31(8,9)40-33)26-17-19-27(20-18-26)34-22-23-37-24-25(34)2/h11,17-20,25H,1,12-16,21-24H2,2-10H3/t25-,32?/m1/s1. The molecule has 0 saturated carbocycles. The highest BCUT2D eigenvalue weighted by Crippen LogP contribution is 2.45. The first-order valence-electron chi connectivity index (χ1n) is 15.0. The molecule has 7 nitrogen and oxygen atoms in total. The second-order valence-electron chi connectivity index (χ2n) is 13.5. The minimum Gasteiger partial charge on any atom is -0.444 e. The fraction of sp³-hybridized carbons (Fsp3) is 0.719. The Kier molecular flexibility index (Phi) is 10.5. The molecular formula is C32H53BN2O5. The van der Waals surface area contributed by atoms with Gasteiger partial charge in [-0.1, -0.05) is 31.1 Å². The van der Waals surface area contributed by atoms with E-state index in [9.17, 15) is 4.79 Å². The number of amides is 1. The van der Waals surface area contributed by atoms with Crippen LogP contribution < -0.4 is 4.90 Å². The second-order valence-corrected chi connectivity index (χ2v) is 13.5. The molecule has 2 saturated heterocycles. The molecule has 224 valence electrons. The predicted molar refractivity (Wildman–Crippen MR) is 164 cm³/mol. The van der Waals surface area contributed by atoms with E-state index in [0.29, 0.717) is 19.2 Å². The van der Waals surface area contributed by atoms with E-state index in [1.807, 2.05) is 59.4 Å². The zero-order valence-corrected chi connectivity index (χ0v) is 26.5. The van der Waals surface area contributed by atoms with Crippen molar-refractivity contribution in [1.29, 1.82) is 0 Å². The number of carbonyl (C=O) groups is 1. The summed E-state index contributed by atoms with van der Waals surface area (Å²) in [7, 11) is -0.682. The molecule has 2 aliphatic rings. The Hall–Kier alpha value is -2.03. The number of allylic oxidation sites excluding steroid dienone is 1. The van der Waals surface area contributed by atoms with Crippen LogP contribution in [-0.4, -0.2) is 67.3 Å². The molecule has 2 fully saturated rings. The first kappa shape index (κ1) is 32.5. The van der Waals surface area contributed by atoms with Crippen LogP contribution in [0.3, 0.4) is 0 Å². The molecule has 0 aliphatic carbocycles. The quantitative estimate of drug-likeness (QED) is 0.164. The number of carbonyl (C=O) groups excluding carboxylic acids is 1. The van der Waals surface area contributed by atoms with Crippen LogP contribution in [0.25, 0.3) is 0 Å². The van der Waals surface area contributed by atoms with Crippen molar-refractivity contribution < 1.29 is 23.6 Å². The zero-order valence-electron chi connectivity index (χ0n) is 26.5. The van der Waals surface area contributed by atoms with Gasteiger partial charge in [-0.15, -0.1) is 6.58 Å². The molecule has 1 unspecified atom stereocenters. The number of nitrogens with zero attached hydrogens (tertiary/aromatic N) is 2. The van der Waals surface area contributed by atoms with Gasteiger partial charge in [0, 0.05) is 24.8 Å². The highest BCUT2D eigenvalue weighted by atomic mass is 16.7. The smallest absolute Gasteiger partial charge is 0.444 e. The minimum absolute atomic E-state index is 0.299. The molecule has 0 aromatic heterocycles. The Morgan fingerprint density at radius 2 is 1.68 bits per heavy atom. The largest absolute Gasteiger partial charge is 0.490 e. The lowest BCUT2D eigenvalue weighted by Gasteiger charge is -2.43. The average molecular weight is 557 g/mol. The van der Waals surface area contributed by atoms with E-state index in [0.717, 1.165) is 56.5 Å². The molecule has 3 rings (SSSR count). The third-order valence-corrected chi connectivity index (χ3v) is 8.58. The lowest BCUT2D eigenvalue weighted by molar-refractivity contribution is 0.00497. The van der Waals surface area contributed by atoms with Gasteiger partial charge in [-0.05, 0) is 99.3 Å². The third-order valence-electron chi connectivity index (χ3n) is 8.58. The van der Waals surface area contributed by atoms with Crippen LogP contribution >= 0.6 is 0 Å². The third kappa shape index (κ3) is 7.43. The van der Waals surface area contributed by atoms with Gasteiger partial charge >= 0.3 is 13.2 Å². The van der Waals surface area contributed by atoms with E-state index in [4.69, 9.17) is 18.8 Å². The first-order chi connectivity index (χ1) is 18.6. The first-order valence-corrected chi connectivity index (χ1v) is 15.0. The number of anilines is 1. The number of benzene rings is 1. The van der Waals surface area contributed by atoms with E-state index in [2.05, 4.69) is 49.6 Å². The van der Waals surface area contributed by atoms with Crippen molar-refractivity contribution in [3.8, 4) is 0 Å². The molecule has 1 aromatic rings. The number of unbranched alkanes of at least 4 members (excludes halogenated alkanes) is 4. The summed E-state index contributed by atoms with van der Waals surface area (Å²) in [5.41, 5.74) is -0.565. The monoisotopic (exact) mass is 556 g/mol. The minimum atomic E-state index is -0.927. The Balaban J connectivity index is 2.02. The Labute approximate surface area is 243 Å². The Morgan fingerprint density at radius 1 is 1.07 bits per heavy atom. The molecule has 0 bridgehead atoms. The zero-order chi connectivity index (χ0) is 29.8. The van der Waals surface area contributed by atoms with E-state index >= 15 is 0 Å². The molecule has 1 aromatic carbocycles. The molecule has 2 atom stereocenters. The maximum atomic E-state index is 13.9. The fourth-order valence-electron chi connectivity index (χ4n) is 5.34. The van der Waals surface area contributed by atoms with E-state index in [-0.39, 0.29) is 6.09 Å². The summed E-state index contributed by atoms with van der Waals surface area (Å²) in [5, 5.41) is 0. The van der Waals surface area contributed by atoms with Crippen molar-refractivity contribution in [3.63, 3.8) is 0 Å². The van der Waals surface area contributed by atoms with Gasteiger partial charge in [-0.25, -0.2) is 4.79 Å². The molecule has 0 spiro atoms. The van der Waals surface area contributed by atoms with E-state index < -0.39 is 29.4 Å². The number of rotatable bonds is 11. The van der Waals surface area contributed by atoms with E-state index in [1.54, 1.807) is 0 Å². The van der Waals surface area contributed by atoms with Gasteiger partial charge in [-0.3, -0.25) is 4.90 Å². The lowest BCUT2D eigenvalue weighted by Crippen LogP contribution is -2.59. The van der Waals surface area contributed by atoms with Crippen LogP contribution in [-0.2, 0) is 24.2 Å². The van der Waals surface area contributed by atoms with Crippen molar-refractivity contribution in [2.24, 2.45) is 0 Å². The second kappa shape index (κ2) is 12.9. The molecular weight excluding hydrogens is 503 g/mol. The summed E-state index contributed by atoms with van der Waals surface area (Å²) >= 11 is 0. The average Bonchev–Trinajstić information content (AvgIpc) is 3.09. The molecule has 0 N–H and O–H groups in total. The van der Waals surface area contributed by atoms with Crippen molar-refractivity contribution in [2.75, 3.05) is 31.2 Å². The van der Waals surface area contributed by atoms with Crippen molar-refractivity contribution in [2.45, 2.75) is 123 Å². The van der Waals surface area contributed by atoms with Gasteiger partial charge in [0.2, 0.25) is 0 Å². The maximum absolute atomic E-state index is 13.9. The molecule has 0 radical (unpaired) electrons. The molecule has 40 heavy (non-hydrogen) atoms. The van der Waals surface area contributed by atoms with Crippen LogP contribution in [0.1, 0.15) is 100.0 Å². The number of ether oxygens (including phenoxy) is 2. The van der Waals surface area contributed by atoms with Gasteiger partial charge in [0.25, 0.3) is 0 Å². The van der Waals surface area contributed by atoms with Crippen LogP contribution in [0.2, 0.25) is 0 Å². The van der Waals surface area contributed by atoms with Gasteiger partial charge in [0.05, 0.1) is 24.4 Å². The molecule has 1 amide bonds. The van der Waals surface area contributed by atoms with Gasteiger partial charge in [0.15, 0.2) is 0 Å². The maximum Gasteiger partial charge on any atom is 0.490 e. The lowest BCUT2D eigenvalue weighted by atomic mass is 9.60. The highest BCUT2D eigenvalue weighted by Gasteiger charge is 2.61. The van der Waals surface area contributed by atoms with Gasteiger partial charge in [-0.2, -0.15) is 0 Å². The van der Waals surface area contributed by atoms with Crippen LogP contribution in [0.15, 0.2) is 36.9 Å². The summed E-state index contributed by atoms with van der Waals surface area (Å²) in [4.78, 5) is 18.2. The molecule has 2 heterocycles. The van der Waals surface area contributed by atoms with Crippen LogP contribution in [0.4, 0.5) is 10.5 Å². The molecule has 8 heteroatoms. The number of hydrogen-bond donors (Lipinski definition) is 0. The van der Waals surface area contributed by atoms with E-state index in [1.165, 1.54) is 0 Å². The van der Waals surface area contributed by atoms with Crippen molar-refractivity contribution in [3.05, 3.63) is 42.5 Å². The predicted octanol–water partition coefficient (Wildman–Crippen LogP) is 7.13. The highest BCUT2D eigenvalue weighted by molar-refractivity contribution is 6.49. The van der Waals surface area contributed by atoms with Crippen LogP contribution in [0, 0.1) is 0 Å². The SMILES string of the molecule is C=CCCCCCCN(C(=O)OC(C)(C)C)C(C)(B1OC(C)(C)C(C)(C)O1)c1ccc(N2CCOC[C@H]2C)cc1. The van der Waals surface area contributed by atoms with Crippen molar-refractivity contribution >= 4 is 18.9 Å². The summed E-state index contributed by atoms with van der Waals surface area (Å²) in [6.07, 6.45) is 6.68. The van der Waals surface area contributed by atoms with Gasteiger partial charge in [0.1, 0.15) is 11.0 Å². The number of morpholine rings is 1. The fourth-order valence-corrected chi connectivity index (χ4v) is 5.34. The summed E-state index contributed by atoms with van der Waals surface area (Å²) in [6.45, 7) is 24.8.